The minimum absolute atomic E-state index is 0.187. The van der Waals surface area contributed by atoms with E-state index in [1.165, 1.54) is 32.1 Å². The Kier molecular flexibility index (Phi) is 8.09. The van der Waals surface area contributed by atoms with Gasteiger partial charge in [-0.3, -0.25) is 14.4 Å². The van der Waals surface area contributed by atoms with Gasteiger partial charge < -0.3 is 4.74 Å². The van der Waals surface area contributed by atoms with Crippen molar-refractivity contribution in [2.45, 2.75) is 90.3 Å². The third kappa shape index (κ3) is 6.67. The van der Waals surface area contributed by atoms with Gasteiger partial charge in [0.1, 0.15) is 11.7 Å². The van der Waals surface area contributed by atoms with E-state index in [9.17, 15) is 14.4 Å². The van der Waals surface area contributed by atoms with Crippen LogP contribution in [0.2, 0.25) is 0 Å². The highest BCUT2D eigenvalue weighted by Crippen LogP contribution is 2.29. The van der Waals surface area contributed by atoms with E-state index in [1.807, 2.05) is 20.8 Å². The van der Waals surface area contributed by atoms with E-state index in [1.54, 1.807) is 24.3 Å². The number of hydrogen-bond donors (Lipinski definition) is 0. The van der Waals surface area contributed by atoms with Crippen molar-refractivity contribution in [3.8, 4) is 11.8 Å². The van der Waals surface area contributed by atoms with E-state index >= 15 is 0 Å². The van der Waals surface area contributed by atoms with Gasteiger partial charge in [0.25, 0.3) is 11.8 Å². The van der Waals surface area contributed by atoms with Gasteiger partial charge in [0, 0.05) is 6.42 Å². The molecule has 1 aromatic carbocycles. The van der Waals surface area contributed by atoms with Crippen molar-refractivity contribution in [1.29, 1.82) is 0 Å². The molecule has 0 radical (unpaired) electrons. The number of imide groups is 1. The van der Waals surface area contributed by atoms with Crippen molar-refractivity contribution >= 4 is 17.8 Å². The van der Waals surface area contributed by atoms with Crippen LogP contribution >= 0.6 is 0 Å². The Morgan fingerprint density at radius 1 is 1.09 bits per heavy atom. The molecule has 1 unspecified atom stereocenters. The number of esters is 1. The van der Waals surface area contributed by atoms with Gasteiger partial charge >= 0.3 is 5.97 Å². The lowest BCUT2D eigenvalue weighted by molar-refractivity contribution is -0.154. The fourth-order valence-corrected chi connectivity index (χ4v) is 4.15. The first-order valence-electron chi connectivity index (χ1n) is 11.6. The quantitative estimate of drug-likeness (QED) is 0.337. The van der Waals surface area contributed by atoms with E-state index in [4.69, 9.17) is 9.57 Å². The molecule has 0 bridgehead atoms. The second kappa shape index (κ2) is 10.8. The molecule has 6 heteroatoms. The van der Waals surface area contributed by atoms with Crippen molar-refractivity contribution in [2.75, 3.05) is 0 Å². The van der Waals surface area contributed by atoms with Crippen LogP contribution in [0.3, 0.4) is 0 Å². The number of rotatable bonds is 7. The van der Waals surface area contributed by atoms with Crippen LogP contribution in [0.1, 0.15) is 99.3 Å². The predicted octanol–water partition coefficient (Wildman–Crippen LogP) is 5.07. The Bertz CT molecular complexity index is 864. The topological polar surface area (TPSA) is 72.9 Å². The van der Waals surface area contributed by atoms with E-state index in [0.29, 0.717) is 29.9 Å². The number of amides is 2. The molecule has 1 aromatic rings. The molecule has 32 heavy (non-hydrogen) atoms. The highest BCUT2D eigenvalue weighted by molar-refractivity contribution is 6.20. The standard InChI is InChI=1S/C26H33NO5/c1-26(2,3)31-23(28)16-10-7-13-20(18-17-19-11-5-4-6-12-19)32-27-24(29)21-14-8-9-15-22(21)25(27)30/h8-9,14-15,19-20H,4-6,10-12,16-18H2,1-3H3. The molecular formula is C26H33NO5. The van der Waals surface area contributed by atoms with Crippen LogP contribution < -0.4 is 0 Å². The van der Waals surface area contributed by atoms with Crippen LogP contribution in [0, 0.1) is 17.8 Å². The molecule has 2 amide bonds. The number of carbonyl (C=O) groups is 3. The Hall–Kier alpha value is -2.65. The van der Waals surface area contributed by atoms with E-state index < -0.39 is 23.5 Å². The van der Waals surface area contributed by atoms with Crippen molar-refractivity contribution in [3.63, 3.8) is 0 Å². The maximum Gasteiger partial charge on any atom is 0.307 e. The largest absolute Gasteiger partial charge is 0.460 e. The molecule has 0 N–H and O–H groups in total. The molecule has 0 spiro atoms. The fourth-order valence-electron chi connectivity index (χ4n) is 4.15. The zero-order valence-corrected chi connectivity index (χ0v) is 19.3. The van der Waals surface area contributed by atoms with Crippen LogP contribution in [-0.4, -0.2) is 34.6 Å². The van der Waals surface area contributed by atoms with Crippen LogP contribution in [0.15, 0.2) is 24.3 Å². The van der Waals surface area contributed by atoms with Gasteiger partial charge in [0.05, 0.1) is 17.5 Å². The molecule has 1 heterocycles. The summed E-state index contributed by atoms with van der Waals surface area (Å²) in [6.07, 6.45) is 7.69. The molecule has 1 atom stereocenters. The maximum atomic E-state index is 12.7. The summed E-state index contributed by atoms with van der Waals surface area (Å²) in [5.74, 6) is 5.45. The number of fused-ring (bicyclic) bond motifs is 1. The summed E-state index contributed by atoms with van der Waals surface area (Å²) in [6.45, 7) is 5.48. The highest BCUT2D eigenvalue weighted by Gasteiger charge is 2.38. The fraction of sp³-hybridized carbons (Fsp3) is 0.577. The third-order valence-corrected chi connectivity index (χ3v) is 5.69. The minimum atomic E-state index is -0.585. The predicted molar refractivity (Wildman–Crippen MR) is 120 cm³/mol. The number of nitrogens with zero attached hydrogens (tertiary/aromatic N) is 1. The van der Waals surface area contributed by atoms with Crippen LogP contribution in [-0.2, 0) is 14.4 Å². The molecule has 0 saturated heterocycles. The molecule has 3 rings (SSSR count). The summed E-state index contributed by atoms with van der Waals surface area (Å²) in [7, 11) is 0. The summed E-state index contributed by atoms with van der Waals surface area (Å²) < 4.78 is 5.31. The van der Waals surface area contributed by atoms with Gasteiger partial charge in [-0.05, 0) is 51.7 Å². The van der Waals surface area contributed by atoms with E-state index in [2.05, 4.69) is 11.8 Å². The Balaban J connectivity index is 1.63. The zero-order valence-electron chi connectivity index (χ0n) is 19.3. The van der Waals surface area contributed by atoms with Crippen molar-refractivity contribution in [2.24, 2.45) is 5.92 Å². The molecule has 1 aliphatic carbocycles. The monoisotopic (exact) mass is 439 g/mol. The number of carbonyl (C=O) groups excluding carboxylic acids is 3. The summed E-state index contributed by atoms with van der Waals surface area (Å²) in [5.41, 5.74) is 0.171. The van der Waals surface area contributed by atoms with Crippen molar-refractivity contribution in [3.05, 3.63) is 35.4 Å². The molecule has 0 aromatic heterocycles. The van der Waals surface area contributed by atoms with Crippen LogP contribution in [0.4, 0.5) is 0 Å². The van der Waals surface area contributed by atoms with Gasteiger partial charge in [-0.15, -0.1) is 5.06 Å². The number of benzene rings is 1. The maximum absolute atomic E-state index is 12.7. The molecule has 1 fully saturated rings. The van der Waals surface area contributed by atoms with Crippen LogP contribution in [0.25, 0.3) is 0 Å². The van der Waals surface area contributed by atoms with Gasteiger partial charge in [0.2, 0.25) is 0 Å². The average molecular weight is 440 g/mol. The summed E-state index contributed by atoms with van der Waals surface area (Å²) in [4.78, 5) is 43.1. The Morgan fingerprint density at radius 3 is 2.31 bits per heavy atom. The lowest BCUT2D eigenvalue weighted by Gasteiger charge is -2.24. The Labute approximate surface area is 190 Å². The smallest absolute Gasteiger partial charge is 0.307 e. The first-order valence-corrected chi connectivity index (χ1v) is 11.6. The first-order chi connectivity index (χ1) is 15.2. The van der Waals surface area contributed by atoms with Gasteiger partial charge in [-0.2, -0.15) is 0 Å². The lowest BCUT2D eigenvalue weighted by atomic mass is 9.85. The van der Waals surface area contributed by atoms with Gasteiger partial charge in [0.15, 0.2) is 0 Å². The van der Waals surface area contributed by atoms with Crippen molar-refractivity contribution < 1.29 is 24.0 Å². The number of hydrogen-bond acceptors (Lipinski definition) is 5. The second-order valence-electron chi connectivity index (χ2n) is 9.53. The summed E-state index contributed by atoms with van der Waals surface area (Å²) in [6, 6.07) is 6.71. The van der Waals surface area contributed by atoms with Gasteiger partial charge in [-0.25, -0.2) is 4.84 Å². The molecule has 1 saturated carbocycles. The Morgan fingerprint density at radius 2 is 1.72 bits per heavy atom. The second-order valence-corrected chi connectivity index (χ2v) is 9.53. The van der Waals surface area contributed by atoms with Crippen LogP contribution in [0.5, 0.6) is 0 Å². The lowest BCUT2D eigenvalue weighted by Crippen LogP contribution is -2.34. The molecule has 1 aliphatic heterocycles. The first kappa shape index (κ1) is 24.0. The SMILES string of the molecule is CC(C)(C)OC(=O)CCC#CC(CCC1CCCCC1)ON1C(=O)c2ccccc2C1=O. The van der Waals surface area contributed by atoms with E-state index in [0.717, 1.165) is 11.5 Å². The minimum Gasteiger partial charge on any atom is -0.460 e. The normalized spacial score (nSPS) is 17.5. The summed E-state index contributed by atoms with van der Waals surface area (Å²) in [5, 5.41) is 0.846. The molecule has 2 aliphatic rings. The number of ether oxygens (including phenoxy) is 1. The molecule has 172 valence electrons. The molecular weight excluding hydrogens is 406 g/mol. The average Bonchev–Trinajstić information content (AvgIpc) is 2.99. The number of hydroxylamine groups is 2. The van der Waals surface area contributed by atoms with Gasteiger partial charge in [-0.1, -0.05) is 56.1 Å². The highest BCUT2D eigenvalue weighted by atomic mass is 16.7. The van der Waals surface area contributed by atoms with E-state index in [-0.39, 0.29) is 12.4 Å². The summed E-state index contributed by atoms with van der Waals surface area (Å²) >= 11 is 0. The molecule has 6 nitrogen and oxygen atoms in total. The zero-order chi connectivity index (χ0) is 23.1. The van der Waals surface area contributed by atoms with Crippen molar-refractivity contribution in [1.82, 2.24) is 5.06 Å². The third-order valence-electron chi connectivity index (χ3n) is 5.69.